The number of sulfonamides is 1. The second-order valence-corrected chi connectivity index (χ2v) is 10.7. The molecule has 164 valence electrons. The molecule has 9 nitrogen and oxygen atoms in total. The Bertz CT molecular complexity index is 1160. The zero-order valence-corrected chi connectivity index (χ0v) is 18.4. The van der Waals surface area contributed by atoms with Crippen LogP contribution in [0.2, 0.25) is 0 Å². The number of hydrogen-bond acceptors (Lipinski definition) is 8. The summed E-state index contributed by atoms with van der Waals surface area (Å²) < 4.78 is 36.7. The minimum atomic E-state index is -3.54. The molecule has 2 fully saturated rings. The van der Waals surface area contributed by atoms with Gasteiger partial charge in [-0.3, -0.25) is 9.88 Å². The molecule has 3 aromatic rings. The maximum atomic E-state index is 12.2. The summed E-state index contributed by atoms with van der Waals surface area (Å²) in [6.07, 6.45) is 6.62. The third kappa shape index (κ3) is 3.79. The van der Waals surface area contributed by atoms with Crippen LogP contribution in [0, 0.1) is 5.41 Å². The molecular weight excluding hydrogens is 418 g/mol. The summed E-state index contributed by atoms with van der Waals surface area (Å²) in [5, 5.41) is 4.12. The first-order valence-electron chi connectivity index (χ1n) is 10.3. The first-order valence-corrected chi connectivity index (χ1v) is 11.8. The highest BCUT2D eigenvalue weighted by molar-refractivity contribution is 7.88. The second-order valence-electron chi connectivity index (χ2n) is 8.60. The van der Waals surface area contributed by atoms with Crippen LogP contribution in [-0.4, -0.2) is 59.9 Å². The van der Waals surface area contributed by atoms with E-state index in [4.69, 9.17) is 8.94 Å². The van der Waals surface area contributed by atoms with Gasteiger partial charge >= 0.3 is 0 Å². The van der Waals surface area contributed by atoms with Gasteiger partial charge in [-0.25, -0.2) is 12.7 Å². The number of rotatable bonds is 6. The molecule has 0 N–H and O–H groups in total. The van der Waals surface area contributed by atoms with E-state index in [2.05, 4.69) is 20.0 Å². The number of furan rings is 1. The molecule has 10 heteroatoms. The topological polar surface area (TPSA) is 106 Å². The third-order valence-electron chi connectivity index (χ3n) is 6.45. The molecule has 5 rings (SSSR count). The van der Waals surface area contributed by atoms with E-state index in [9.17, 15) is 8.42 Å². The van der Waals surface area contributed by atoms with Crippen molar-refractivity contribution < 1.29 is 17.4 Å². The van der Waals surface area contributed by atoms with Crippen LogP contribution in [0.4, 0.5) is 0 Å². The standard InChI is InChI=1S/C21H25N5O4S/c1-25(2)31(27,28)18-6-5-16(29-18)14-26-10-7-21(8-11-26)12-17(21)20-23-19(24-30-20)15-4-3-9-22-13-15/h3-6,9,13,17H,7-8,10-12,14H2,1-2H3/t17-/m1/s1. The summed E-state index contributed by atoms with van der Waals surface area (Å²) in [6.45, 7) is 2.46. The Kier molecular flexibility index (Phi) is 4.95. The third-order valence-corrected chi connectivity index (χ3v) is 8.14. The van der Waals surface area contributed by atoms with E-state index in [0.717, 1.165) is 48.1 Å². The molecule has 1 aliphatic carbocycles. The normalized spacial score (nSPS) is 21.1. The number of likely N-dealkylation sites (tertiary alicyclic amines) is 1. The van der Waals surface area contributed by atoms with Crippen LogP contribution < -0.4 is 0 Å². The van der Waals surface area contributed by atoms with Gasteiger partial charge in [0.05, 0.1) is 6.54 Å². The Morgan fingerprint density at radius 1 is 1.23 bits per heavy atom. The van der Waals surface area contributed by atoms with Crippen LogP contribution in [0.1, 0.15) is 36.8 Å². The average Bonchev–Trinajstić information content (AvgIpc) is 3.14. The van der Waals surface area contributed by atoms with Crippen LogP contribution >= 0.6 is 0 Å². The first kappa shape index (κ1) is 20.3. The van der Waals surface area contributed by atoms with Gasteiger partial charge in [-0.2, -0.15) is 4.98 Å². The predicted octanol–water partition coefficient (Wildman–Crippen LogP) is 2.74. The largest absolute Gasteiger partial charge is 0.447 e. The highest BCUT2D eigenvalue weighted by atomic mass is 32.2. The van der Waals surface area contributed by atoms with Crippen LogP contribution in [0.3, 0.4) is 0 Å². The molecule has 0 radical (unpaired) electrons. The van der Waals surface area contributed by atoms with Crippen LogP contribution in [-0.2, 0) is 16.6 Å². The van der Waals surface area contributed by atoms with Gasteiger partial charge in [0.25, 0.3) is 10.0 Å². The van der Waals surface area contributed by atoms with E-state index in [-0.39, 0.29) is 10.5 Å². The molecule has 4 heterocycles. The Morgan fingerprint density at radius 3 is 2.74 bits per heavy atom. The maximum Gasteiger partial charge on any atom is 0.275 e. The quantitative estimate of drug-likeness (QED) is 0.573. The number of hydrogen-bond donors (Lipinski definition) is 0. The lowest BCUT2D eigenvalue weighted by Gasteiger charge is -2.32. The van der Waals surface area contributed by atoms with Crippen molar-refractivity contribution in [3.63, 3.8) is 0 Å². The van der Waals surface area contributed by atoms with Crippen molar-refractivity contribution >= 4 is 10.0 Å². The summed E-state index contributed by atoms with van der Waals surface area (Å²) in [5.41, 5.74) is 1.09. The van der Waals surface area contributed by atoms with Crippen molar-refractivity contribution in [3.05, 3.63) is 48.3 Å². The molecule has 3 aromatic heterocycles. The van der Waals surface area contributed by atoms with Gasteiger partial charge in [-0.15, -0.1) is 0 Å². The van der Waals surface area contributed by atoms with Crippen LogP contribution in [0.15, 0.2) is 50.7 Å². The van der Waals surface area contributed by atoms with Gasteiger partial charge in [0.15, 0.2) is 0 Å². The van der Waals surface area contributed by atoms with Crippen molar-refractivity contribution in [2.24, 2.45) is 5.41 Å². The smallest absolute Gasteiger partial charge is 0.275 e. The van der Waals surface area contributed by atoms with Crippen molar-refractivity contribution in [1.82, 2.24) is 24.3 Å². The van der Waals surface area contributed by atoms with Crippen molar-refractivity contribution in [1.29, 1.82) is 0 Å². The summed E-state index contributed by atoms with van der Waals surface area (Å²) in [4.78, 5) is 11.0. The number of pyridine rings is 1. The van der Waals surface area contributed by atoms with Gasteiger partial charge in [0.1, 0.15) is 5.76 Å². The molecule has 1 aliphatic heterocycles. The molecule has 2 aliphatic rings. The Morgan fingerprint density at radius 2 is 2.03 bits per heavy atom. The molecule has 1 spiro atoms. The number of aromatic nitrogens is 3. The molecule has 1 saturated carbocycles. The van der Waals surface area contributed by atoms with E-state index < -0.39 is 10.0 Å². The first-order chi connectivity index (χ1) is 14.9. The SMILES string of the molecule is CN(C)S(=O)(=O)c1ccc(CN2CCC3(CC2)C[C@@H]3c2nc(-c3cccnc3)no2)o1. The summed E-state index contributed by atoms with van der Waals surface area (Å²) >= 11 is 0. The molecule has 1 saturated heterocycles. The lowest BCUT2D eigenvalue weighted by atomic mass is 9.90. The molecule has 0 bridgehead atoms. The van der Waals surface area contributed by atoms with Crippen molar-refractivity contribution in [2.45, 2.75) is 36.8 Å². The van der Waals surface area contributed by atoms with Crippen molar-refractivity contribution in [2.75, 3.05) is 27.2 Å². The lowest BCUT2D eigenvalue weighted by molar-refractivity contribution is 0.147. The Balaban J connectivity index is 1.19. The number of nitrogens with zero attached hydrogens (tertiary/aromatic N) is 5. The fourth-order valence-electron chi connectivity index (χ4n) is 4.38. The highest BCUT2D eigenvalue weighted by Crippen LogP contribution is 2.64. The summed E-state index contributed by atoms with van der Waals surface area (Å²) in [6, 6.07) is 7.06. The zero-order valence-electron chi connectivity index (χ0n) is 17.6. The summed E-state index contributed by atoms with van der Waals surface area (Å²) in [5.74, 6) is 2.29. The molecule has 0 amide bonds. The van der Waals surface area contributed by atoms with E-state index in [0.29, 0.717) is 24.0 Å². The average molecular weight is 444 g/mol. The van der Waals surface area contributed by atoms with Gasteiger partial charge in [0.2, 0.25) is 16.8 Å². The van der Waals surface area contributed by atoms with E-state index in [1.54, 1.807) is 18.5 Å². The monoisotopic (exact) mass is 443 g/mol. The van der Waals surface area contributed by atoms with E-state index >= 15 is 0 Å². The molecule has 0 aromatic carbocycles. The van der Waals surface area contributed by atoms with Gasteiger partial charge < -0.3 is 8.94 Å². The minimum absolute atomic E-state index is 0.0101. The van der Waals surface area contributed by atoms with E-state index in [1.165, 1.54) is 20.2 Å². The summed E-state index contributed by atoms with van der Waals surface area (Å²) in [7, 11) is -0.547. The van der Waals surface area contributed by atoms with Gasteiger partial charge in [-0.05, 0) is 62.0 Å². The number of piperidine rings is 1. The molecule has 1 atom stereocenters. The molecular formula is C21H25N5O4S. The van der Waals surface area contributed by atoms with Crippen LogP contribution in [0.5, 0.6) is 0 Å². The minimum Gasteiger partial charge on any atom is -0.447 e. The fourth-order valence-corrected chi connectivity index (χ4v) is 5.19. The second kappa shape index (κ2) is 7.54. The zero-order chi connectivity index (χ0) is 21.6. The Labute approximate surface area is 181 Å². The molecule has 0 unspecified atom stereocenters. The maximum absolute atomic E-state index is 12.2. The van der Waals surface area contributed by atoms with Crippen molar-refractivity contribution in [3.8, 4) is 11.4 Å². The fraction of sp³-hybridized carbons (Fsp3) is 0.476. The lowest BCUT2D eigenvalue weighted by Crippen LogP contribution is -2.34. The van der Waals surface area contributed by atoms with Gasteiger partial charge in [-0.1, -0.05) is 5.16 Å². The van der Waals surface area contributed by atoms with Gasteiger partial charge in [0, 0.05) is 38.0 Å². The molecule has 31 heavy (non-hydrogen) atoms. The highest BCUT2D eigenvalue weighted by Gasteiger charge is 2.58. The predicted molar refractivity (Wildman–Crippen MR) is 111 cm³/mol. The Hall–Kier alpha value is -2.56. The van der Waals surface area contributed by atoms with E-state index in [1.807, 2.05) is 12.1 Å². The van der Waals surface area contributed by atoms with Crippen LogP contribution in [0.25, 0.3) is 11.4 Å².